The van der Waals surface area contributed by atoms with Gasteiger partial charge in [0.2, 0.25) is 0 Å². The van der Waals surface area contributed by atoms with Gasteiger partial charge in [0.1, 0.15) is 18.7 Å². The standard InChI is InChI=1S/C36H37F9N4O4/c1-4-26-17-30(28-16-23(34(37,38)39)5-7-29(28)49(26)32(51)53-21-33(2,3)20-50)48(31-8-6-27(18-46-31)47-9-11-52-12-10-47)19-22-13-24(35(40,41)42)15-25(14-22)36(43,44)45/h5-8,13-16,18,20,26,30H,4,9-12,17,19,21H2,1-3H3/t26-,30+/m1/s1. The van der Waals surface area contributed by atoms with E-state index in [1.165, 1.54) is 35.9 Å². The highest BCUT2D eigenvalue weighted by atomic mass is 19.4. The molecular weight excluding hydrogens is 723 g/mol. The fraction of sp³-hybridized carbons (Fsp3) is 0.472. The van der Waals surface area contributed by atoms with Crippen LogP contribution in [0.2, 0.25) is 0 Å². The number of pyridine rings is 1. The van der Waals surface area contributed by atoms with Crippen LogP contribution in [0, 0.1) is 5.41 Å². The van der Waals surface area contributed by atoms with Gasteiger partial charge in [-0.05, 0) is 86.3 Å². The maximum atomic E-state index is 14.2. The molecule has 0 saturated carbocycles. The molecule has 1 fully saturated rings. The Kier molecular flexibility index (Phi) is 11.3. The fourth-order valence-corrected chi connectivity index (χ4v) is 6.36. The van der Waals surface area contributed by atoms with Crippen molar-refractivity contribution >= 4 is 29.6 Å². The van der Waals surface area contributed by atoms with Crippen molar-refractivity contribution in [3.8, 4) is 0 Å². The van der Waals surface area contributed by atoms with Crippen molar-refractivity contribution in [3.05, 3.63) is 82.5 Å². The van der Waals surface area contributed by atoms with E-state index in [1.54, 1.807) is 13.0 Å². The lowest BCUT2D eigenvalue weighted by atomic mass is 9.87. The van der Waals surface area contributed by atoms with E-state index in [0.29, 0.717) is 50.4 Å². The lowest BCUT2D eigenvalue weighted by Crippen LogP contribution is -2.48. The molecule has 2 aliphatic rings. The molecule has 288 valence electrons. The Morgan fingerprint density at radius 1 is 0.906 bits per heavy atom. The van der Waals surface area contributed by atoms with Crippen LogP contribution in [0.25, 0.3) is 0 Å². The number of aldehydes is 1. The van der Waals surface area contributed by atoms with E-state index in [1.807, 2.05) is 4.90 Å². The second kappa shape index (κ2) is 15.1. The van der Waals surface area contributed by atoms with Gasteiger partial charge in [-0.1, -0.05) is 6.92 Å². The Morgan fingerprint density at radius 3 is 2.06 bits per heavy atom. The molecule has 1 aromatic heterocycles. The van der Waals surface area contributed by atoms with E-state index < -0.39 is 70.9 Å². The van der Waals surface area contributed by atoms with Gasteiger partial charge in [-0.15, -0.1) is 0 Å². The third-order valence-corrected chi connectivity index (χ3v) is 9.17. The average Bonchev–Trinajstić information content (AvgIpc) is 3.11. The molecule has 5 rings (SSSR count). The molecule has 0 bridgehead atoms. The zero-order valence-electron chi connectivity index (χ0n) is 28.9. The van der Waals surface area contributed by atoms with Gasteiger partial charge < -0.3 is 24.1 Å². The summed E-state index contributed by atoms with van der Waals surface area (Å²) in [5.74, 6) is 0.0555. The maximum absolute atomic E-state index is 14.2. The molecule has 1 saturated heterocycles. The number of ether oxygens (including phenoxy) is 2. The largest absolute Gasteiger partial charge is 0.448 e. The van der Waals surface area contributed by atoms with Crippen molar-refractivity contribution in [1.82, 2.24) is 4.98 Å². The molecule has 0 aliphatic carbocycles. The summed E-state index contributed by atoms with van der Waals surface area (Å²) in [5, 5.41) is 0. The van der Waals surface area contributed by atoms with Crippen molar-refractivity contribution in [1.29, 1.82) is 0 Å². The molecule has 2 aromatic carbocycles. The van der Waals surface area contributed by atoms with E-state index >= 15 is 0 Å². The van der Waals surface area contributed by atoms with E-state index in [0.717, 1.165) is 18.2 Å². The lowest BCUT2D eigenvalue weighted by Gasteiger charge is -2.45. The average molecular weight is 761 g/mol. The lowest BCUT2D eigenvalue weighted by molar-refractivity contribution is -0.143. The number of rotatable bonds is 9. The normalized spacial score (nSPS) is 18.4. The summed E-state index contributed by atoms with van der Waals surface area (Å²) in [4.78, 5) is 34.1. The van der Waals surface area contributed by atoms with Crippen molar-refractivity contribution in [2.75, 3.05) is 47.6 Å². The number of carbonyl (C=O) groups excluding carboxylic acids is 2. The molecule has 2 atom stereocenters. The highest BCUT2D eigenvalue weighted by Crippen LogP contribution is 2.46. The highest BCUT2D eigenvalue weighted by molar-refractivity contribution is 5.91. The molecule has 0 radical (unpaired) electrons. The summed E-state index contributed by atoms with van der Waals surface area (Å²) < 4.78 is 137. The summed E-state index contributed by atoms with van der Waals surface area (Å²) in [5.41, 5.74) is -5.15. The van der Waals surface area contributed by atoms with Gasteiger partial charge in [0.25, 0.3) is 0 Å². The first kappa shape index (κ1) is 39.7. The van der Waals surface area contributed by atoms with Gasteiger partial charge in [-0.2, -0.15) is 39.5 Å². The van der Waals surface area contributed by atoms with Gasteiger partial charge in [0.15, 0.2) is 0 Å². The van der Waals surface area contributed by atoms with Crippen molar-refractivity contribution in [2.24, 2.45) is 5.41 Å². The summed E-state index contributed by atoms with van der Waals surface area (Å²) in [6.45, 7) is 5.70. The number of hydrogen-bond donors (Lipinski definition) is 0. The van der Waals surface area contributed by atoms with Crippen LogP contribution in [0.1, 0.15) is 67.5 Å². The molecule has 3 heterocycles. The number of anilines is 3. The number of morpholine rings is 1. The highest BCUT2D eigenvalue weighted by Gasteiger charge is 2.43. The molecule has 1 amide bonds. The van der Waals surface area contributed by atoms with E-state index in [9.17, 15) is 49.1 Å². The SMILES string of the molecule is CC[C@@H]1C[C@H](N(Cc2cc(C(F)(F)F)cc(C(F)(F)F)c2)c2ccc(N3CCOCC3)cn2)c2cc(C(F)(F)F)ccc2N1C(=O)OCC(C)(C)C=O. The topological polar surface area (TPSA) is 75.2 Å². The molecule has 0 N–H and O–H groups in total. The summed E-state index contributed by atoms with van der Waals surface area (Å²) >= 11 is 0. The molecule has 17 heteroatoms. The van der Waals surface area contributed by atoms with E-state index in [4.69, 9.17) is 9.47 Å². The quantitative estimate of drug-likeness (QED) is 0.159. The third kappa shape index (κ3) is 9.16. The third-order valence-electron chi connectivity index (χ3n) is 9.17. The number of aromatic nitrogens is 1. The first-order valence-electron chi connectivity index (χ1n) is 16.7. The summed E-state index contributed by atoms with van der Waals surface area (Å²) in [6, 6.07) is 5.03. The van der Waals surface area contributed by atoms with Crippen molar-refractivity contribution in [2.45, 2.75) is 70.8 Å². The molecule has 8 nitrogen and oxygen atoms in total. The smallest absolute Gasteiger partial charge is 0.416 e. The Balaban J connectivity index is 1.68. The van der Waals surface area contributed by atoms with Gasteiger partial charge in [-0.25, -0.2) is 9.78 Å². The van der Waals surface area contributed by atoms with E-state index in [2.05, 4.69) is 4.98 Å². The zero-order chi connectivity index (χ0) is 38.9. The Labute approximate surface area is 299 Å². The van der Waals surface area contributed by atoms with Gasteiger partial charge in [0.05, 0.1) is 58.9 Å². The van der Waals surface area contributed by atoms with Gasteiger partial charge in [-0.3, -0.25) is 4.90 Å². The zero-order valence-corrected chi connectivity index (χ0v) is 28.9. The Morgan fingerprint density at radius 2 is 1.53 bits per heavy atom. The number of benzene rings is 2. The number of carbonyl (C=O) groups is 2. The Bertz CT molecular complexity index is 1740. The van der Waals surface area contributed by atoms with E-state index in [-0.39, 0.29) is 42.6 Å². The van der Waals surface area contributed by atoms with Gasteiger partial charge >= 0.3 is 24.6 Å². The van der Waals surface area contributed by atoms with Crippen LogP contribution in [0.3, 0.4) is 0 Å². The van der Waals surface area contributed by atoms with Crippen LogP contribution in [0.5, 0.6) is 0 Å². The second-order valence-corrected chi connectivity index (χ2v) is 13.6. The van der Waals surface area contributed by atoms with Crippen LogP contribution in [-0.2, 0) is 39.3 Å². The minimum Gasteiger partial charge on any atom is -0.448 e. The number of halogens is 9. The maximum Gasteiger partial charge on any atom is 0.416 e. The molecular formula is C36H37F9N4O4. The first-order chi connectivity index (χ1) is 24.7. The number of amides is 1. The predicted molar refractivity (Wildman–Crippen MR) is 176 cm³/mol. The van der Waals surface area contributed by atoms with Crippen molar-refractivity contribution in [3.63, 3.8) is 0 Å². The molecule has 2 aliphatic heterocycles. The molecule has 0 unspecified atom stereocenters. The predicted octanol–water partition coefficient (Wildman–Crippen LogP) is 9.07. The van der Waals surface area contributed by atoms with Crippen LogP contribution in [-0.4, -0.2) is 56.3 Å². The minimum atomic E-state index is -5.15. The number of hydrogen-bond acceptors (Lipinski definition) is 7. The van der Waals surface area contributed by atoms with Crippen LogP contribution in [0.4, 0.5) is 61.5 Å². The number of nitrogens with zero attached hydrogens (tertiary/aromatic N) is 4. The van der Waals surface area contributed by atoms with Gasteiger partial charge in [0, 0.05) is 25.7 Å². The summed E-state index contributed by atoms with van der Waals surface area (Å²) in [6.07, 6.45) is -13.9. The second-order valence-electron chi connectivity index (χ2n) is 13.6. The molecule has 53 heavy (non-hydrogen) atoms. The van der Waals surface area contributed by atoms with Crippen LogP contribution in [0.15, 0.2) is 54.7 Å². The number of alkyl halides is 9. The molecule has 0 spiro atoms. The number of fused-ring (bicyclic) bond motifs is 1. The first-order valence-corrected chi connectivity index (χ1v) is 16.7. The monoisotopic (exact) mass is 760 g/mol. The fourth-order valence-electron chi connectivity index (χ4n) is 6.36. The summed E-state index contributed by atoms with van der Waals surface area (Å²) in [7, 11) is 0. The van der Waals surface area contributed by atoms with Crippen molar-refractivity contribution < 1.29 is 58.6 Å². The minimum absolute atomic E-state index is 0.00274. The Hall–Kier alpha value is -4.54. The molecule has 3 aromatic rings. The van der Waals surface area contributed by atoms with Crippen LogP contribution < -0.4 is 14.7 Å². The van der Waals surface area contributed by atoms with Crippen LogP contribution >= 0.6 is 0 Å².